The summed E-state index contributed by atoms with van der Waals surface area (Å²) in [6.45, 7) is 9.55. The lowest BCUT2D eigenvalue weighted by Crippen LogP contribution is -2.51. The quantitative estimate of drug-likeness (QED) is 0.311. The van der Waals surface area contributed by atoms with E-state index in [0.717, 1.165) is 25.5 Å². The molecule has 0 saturated heterocycles. The van der Waals surface area contributed by atoms with Crippen molar-refractivity contribution in [3.05, 3.63) is 94.0 Å². The Morgan fingerprint density at radius 3 is 2.13 bits per heavy atom. The van der Waals surface area contributed by atoms with Gasteiger partial charge in [-0.3, -0.25) is 13.9 Å². The molecule has 3 aromatic rings. The average molecular weight is 615 g/mol. The zero-order valence-electron chi connectivity index (χ0n) is 23.0. The molecule has 0 bridgehead atoms. The van der Waals surface area contributed by atoms with E-state index in [2.05, 4.69) is 21.2 Å². The summed E-state index contributed by atoms with van der Waals surface area (Å²) in [7, 11) is -4.08. The molecule has 3 rings (SSSR count). The van der Waals surface area contributed by atoms with Crippen LogP contribution in [0.4, 0.5) is 5.69 Å². The van der Waals surface area contributed by atoms with Crippen LogP contribution in [0.15, 0.2) is 82.2 Å². The van der Waals surface area contributed by atoms with E-state index in [1.165, 1.54) is 4.90 Å². The topological polar surface area (TPSA) is 86.8 Å². The van der Waals surface area contributed by atoms with E-state index in [1.54, 1.807) is 49.4 Å². The average Bonchev–Trinajstić information content (AvgIpc) is 2.89. The molecule has 2 amide bonds. The highest BCUT2D eigenvalue weighted by molar-refractivity contribution is 9.10. The number of nitrogens with zero attached hydrogens (tertiary/aromatic N) is 2. The summed E-state index contributed by atoms with van der Waals surface area (Å²) in [4.78, 5) is 28.5. The van der Waals surface area contributed by atoms with Crippen molar-refractivity contribution in [3.63, 3.8) is 0 Å². The molecule has 0 aliphatic carbocycles. The van der Waals surface area contributed by atoms with Gasteiger partial charge < -0.3 is 10.2 Å². The van der Waals surface area contributed by atoms with Crippen LogP contribution < -0.4 is 9.62 Å². The molecule has 0 aromatic heterocycles. The van der Waals surface area contributed by atoms with Gasteiger partial charge in [-0.25, -0.2) is 8.42 Å². The molecule has 0 heterocycles. The number of benzene rings is 3. The number of halogens is 1. The summed E-state index contributed by atoms with van der Waals surface area (Å²) >= 11 is 3.42. The van der Waals surface area contributed by atoms with Crippen molar-refractivity contribution in [2.24, 2.45) is 5.92 Å². The van der Waals surface area contributed by atoms with Crippen LogP contribution in [0.5, 0.6) is 0 Å². The van der Waals surface area contributed by atoms with Crippen LogP contribution in [0, 0.1) is 19.8 Å². The minimum Gasteiger partial charge on any atom is -0.354 e. The molecule has 39 heavy (non-hydrogen) atoms. The number of carbonyl (C=O) groups excluding carboxylic acids is 2. The van der Waals surface area contributed by atoms with E-state index < -0.39 is 28.5 Å². The maximum atomic E-state index is 13.9. The van der Waals surface area contributed by atoms with Gasteiger partial charge in [-0.15, -0.1) is 0 Å². The first-order chi connectivity index (χ1) is 18.4. The SMILES string of the molecule is Cc1ccc(S(=O)(=O)N(CC(=O)N(Cc2ccc(Br)cc2)C(C)C(=O)NCC(C)C)c2cccc(C)c2)cc1. The molecular formula is C30H36BrN3O4S. The second kappa shape index (κ2) is 13.3. The van der Waals surface area contributed by atoms with E-state index in [4.69, 9.17) is 0 Å². The predicted octanol–water partition coefficient (Wildman–Crippen LogP) is 5.45. The largest absolute Gasteiger partial charge is 0.354 e. The van der Waals surface area contributed by atoms with E-state index in [0.29, 0.717) is 12.2 Å². The molecule has 0 aliphatic rings. The smallest absolute Gasteiger partial charge is 0.264 e. The van der Waals surface area contributed by atoms with Gasteiger partial charge in [0.1, 0.15) is 12.6 Å². The molecule has 0 spiro atoms. The predicted molar refractivity (Wildman–Crippen MR) is 159 cm³/mol. The number of sulfonamides is 1. The molecule has 7 nitrogen and oxygen atoms in total. The lowest BCUT2D eigenvalue weighted by atomic mass is 10.1. The fourth-order valence-corrected chi connectivity index (χ4v) is 5.64. The number of amides is 2. The van der Waals surface area contributed by atoms with Gasteiger partial charge in [0, 0.05) is 17.6 Å². The summed E-state index contributed by atoms with van der Waals surface area (Å²) in [5.41, 5.74) is 2.98. The molecule has 0 fully saturated rings. The third-order valence-electron chi connectivity index (χ3n) is 6.30. The molecular weight excluding hydrogens is 578 g/mol. The molecule has 0 radical (unpaired) electrons. The minimum absolute atomic E-state index is 0.0876. The monoisotopic (exact) mass is 613 g/mol. The van der Waals surface area contributed by atoms with Gasteiger partial charge in [-0.2, -0.15) is 0 Å². The van der Waals surface area contributed by atoms with E-state index >= 15 is 0 Å². The maximum Gasteiger partial charge on any atom is 0.264 e. The lowest BCUT2D eigenvalue weighted by molar-refractivity contribution is -0.139. The van der Waals surface area contributed by atoms with Crippen LogP contribution in [0.1, 0.15) is 37.5 Å². The van der Waals surface area contributed by atoms with Gasteiger partial charge in [-0.05, 0) is 74.2 Å². The fourth-order valence-electron chi connectivity index (χ4n) is 3.97. The van der Waals surface area contributed by atoms with Gasteiger partial charge in [-0.1, -0.05) is 71.7 Å². The number of carbonyl (C=O) groups is 2. The van der Waals surface area contributed by atoms with Crippen LogP contribution in [-0.2, 0) is 26.2 Å². The fraction of sp³-hybridized carbons (Fsp3) is 0.333. The van der Waals surface area contributed by atoms with Gasteiger partial charge >= 0.3 is 0 Å². The van der Waals surface area contributed by atoms with Gasteiger partial charge in [0.25, 0.3) is 10.0 Å². The Labute approximate surface area is 240 Å². The first kappa shape index (κ1) is 30.4. The third kappa shape index (κ3) is 8.16. The Balaban J connectivity index is 2.01. The highest BCUT2D eigenvalue weighted by atomic mass is 79.9. The van der Waals surface area contributed by atoms with Gasteiger partial charge in [0.05, 0.1) is 10.6 Å². The number of nitrogens with one attached hydrogen (secondary N) is 1. The molecule has 1 unspecified atom stereocenters. The van der Waals surface area contributed by atoms with Crippen LogP contribution in [0.3, 0.4) is 0 Å². The highest BCUT2D eigenvalue weighted by Gasteiger charge is 2.32. The van der Waals surface area contributed by atoms with Crippen molar-refractivity contribution in [1.82, 2.24) is 10.2 Å². The summed E-state index contributed by atoms with van der Waals surface area (Å²) in [6, 6.07) is 20.2. The first-order valence-electron chi connectivity index (χ1n) is 12.9. The van der Waals surface area contributed by atoms with Crippen LogP contribution >= 0.6 is 15.9 Å². The minimum atomic E-state index is -4.08. The van der Waals surface area contributed by atoms with Crippen LogP contribution in [-0.4, -0.2) is 44.3 Å². The van der Waals surface area contributed by atoms with E-state index in [1.807, 2.05) is 58.0 Å². The second-order valence-electron chi connectivity index (χ2n) is 10.1. The molecule has 3 aromatic carbocycles. The molecule has 0 saturated carbocycles. The molecule has 9 heteroatoms. The Hall–Kier alpha value is -3.17. The molecule has 208 valence electrons. The van der Waals surface area contributed by atoms with Gasteiger partial charge in [0.15, 0.2) is 0 Å². The number of anilines is 1. The summed E-state index contributed by atoms with van der Waals surface area (Å²) in [5, 5.41) is 2.89. The second-order valence-corrected chi connectivity index (χ2v) is 12.9. The zero-order chi connectivity index (χ0) is 28.7. The van der Waals surface area contributed by atoms with Crippen molar-refractivity contribution in [3.8, 4) is 0 Å². The Morgan fingerprint density at radius 2 is 1.54 bits per heavy atom. The lowest BCUT2D eigenvalue weighted by Gasteiger charge is -2.32. The van der Waals surface area contributed by atoms with E-state index in [9.17, 15) is 18.0 Å². The third-order valence-corrected chi connectivity index (χ3v) is 8.61. The highest BCUT2D eigenvalue weighted by Crippen LogP contribution is 2.26. The molecule has 1 N–H and O–H groups in total. The summed E-state index contributed by atoms with van der Waals surface area (Å²) in [5.74, 6) is -0.534. The molecule has 0 aliphatic heterocycles. The Kier molecular flexibility index (Phi) is 10.3. The zero-order valence-corrected chi connectivity index (χ0v) is 25.4. The van der Waals surface area contributed by atoms with Crippen molar-refractivity contribution in [1.29, 1.82) is 0 Å². The normalized spacial score (nSPS) is 12.2. The molecule has 1 atom stereocenters. The number of aryl methyl sites for hydroxylation is 2. The summed E-state index contributed by atoms with van der Waals surface area (Å²) < 4.78 is 29.7. The maximum absolute atomic E-state index is 13.9. The van der Waals surface area contributed by atoms with Crippen molar-refractivity contribution in [2.45, 2.75) is 52.1 Å². The van der Waals surface area contributed by atoms with Crippen molar-refractivity contribution >= 4 is 43.5 Å². The standard InChI is InChI=1S/C30H36BrN3O4S/c1-21(2)18-32-30(36)24(5)33(19-25-11-13-26(31)14-12-25)29(35)20-34(27-8-6-7-23(4)17-27)39(37,38)28-15-9-22(3)10-16-28/h6-17,21,24H,18-20H2,1-5H3,(H,32,36). The number of rotatable bonds is 11. The number of hydrogen-bond donors (Lipinski definition) is 1. The summed E-state index contributed by atoms with van der Waals surface area (Å²) in [6.07, 6.45) is 0. The van der Waals surface area contributed by atoms with E-state index in [-0.39, 0.29) is 23.3 Å². The van der Waals surface area contributed by atoms with Crippen LogP contribution in [0.25, 0.3) is 0 Å². The Morgan fingerprint density at radius 1 is 0.897 bits per heavy atom. The number of hydrogen-bond acceptors (Lipinski definition) is 4. The first-order valence-corrected chi connectivity index (χ1v) is 15.1. The van der Waals surface area contributed by atoms with Crippen molar-refractivity contribution < 1.29 is 18.0 Å². The Bertz CT molecular complexity index is 1390. The van der Waals surface area contributed by atoms with Gasteiger partial charge in [0.2, 0.25) is 11.8 Å². The van der Waals surface area contributed by atoms with Crippen molar-refractivity contribution in [2.75, 3.05) is 17.4 Å². The van der Waals surface area contributed by atoms with Crippen LogP contribution in [0.2, 0.25) is 0 Å².